The monoisotopic (exact) mass is 326 g/mol. The largest absolute Gasteiger partial charge is 0.506 e. The van der Waals surface area contributed by atoms with Crippen LogP contribution in [0.3, 0.4) is 0 Å². The van der Waals surface area contributed by atoms with E-state index in [1.807, 2.05) is 0 Å². The number of nitrogens with one attached hydrogen (secondary N) is 1. The molecule has 1 heterocycles. The molecular weight excluding hydrogens is 303 g/mol. The average Bonchev–Trinajstić information content (AvgIpc) is 2.57. The van der Waals surface area contributed by atoms with Gasteiger partial charge >= 0.3 is 0 Å². The Bertz CT molecular complexity index is 496. The lowest BCUT2D eigenvalue weighted by Gasteiger charge is -2.41. The fraction of sp³-hybridized carbons (Fsp3) is 0.647. The normalized spacial score (nSPS) is 22.6. The first-order chi connectivity index (χ1) is 10.7. The second kappa shape index (κ2) is 7.16. The van der Waals surface area contributed by atoms with Crippen LogP contribution in [-0.2, 0) is 0 Å². The smallest absolute Gasteiger partial charge is 0.141 e. The van der Waals surface area contributed by atoms with Crippen molar-refractivity contribution in [3.8, 4) is 5.75 Å². The predicted octanol–water partition coefficient (Wildman–Crippen LogP) is 3.71. The summed E-state index contributed by atoms with van der Waals surface area (Å²) in [5.74, 6) is -0.0162. The van der Waals surface area contributed by atoms with E-state index in [9.17, 15) is 9.50 Å². The number of benzene rings is 1. The summed E-state index contributed by atoms with van der Waals surface area (Å²) in [6, 6.07) is 2.75. The molecule has 2 N–H and O–H groups in total. The molecule has 0 unspecified atom stereocenters. The molecular formula is C17H24ClFN2O. The number of halogens is 2. The van der Waals surface area contributed by atoms with Crippen LogP contribution in [0, 0.1) is 11.7 Å². The average molecular weight is 327 g/mol. The minimum atomic E-state index is -0.337. The van der Waals surface area contributed by atoms with Crippen LogP contribution in [0.15, 0.2) is 12.1 Å². The number of aromatic hydroxyl groups is 1. The van der Waals surface area contributed by atoms with Gasteiger partial charge in [-0.3, -0.25) is 4.90 Å². The summed E-state index contributed by atoms with van der Waals surface area (Å²) < 4.78 is 14.5. The summed E-state index contributed by atoms with van der Waals surface area (Å²) >= 11 is 6.06. The molecule has 3 nitrogen and oxygen atoms in total. The molecule has 0 amide bonds. The number of hydrogen-bond acceptors (Lipinski definition) is 3. The highest BCUT2D eigenvalue weighted by Gasteiger charge is 2.35. The minimum Gasteiger partial charge on any atom is -0.506 e. The Balaban J connectivity index is 1.98. The van der Waals surface area contributed by atoms with E-state index >= 15 is 0 Å². The third-order valence-electron chi connectivity index (χ3n) is 5.05. The van der Waals surface area contributed by atoms with Crippen molar-refractivity contribution in [2.75, 3.05) is 26.2 Å². The molecule has 2 aliphatic rings. The van der Waals surface area contributed by atoms with Crippen molar-refractivity contribution in [1.82, 2.24) is 10.2 Å². The van der Waals surface area contributed by atoms with Gasteiger partial charge in [0.1, 0.15) is 11.6 Å². The standard InChI is InChI=1S/C17H24ClFN2O/c18-13-6-7-14(19)15(17(13)22)16(12-4-2-1-3-5-12)21-10-8-20-9-11-21/h6-7,12,16,20,22H,1-5,8-11H2/t16-/m1/s1. The van der Waals surface area contributed by atoms with Crippen LogP contribution in [0.1, 0.15) is 43.7 Å². The third-order valence-corrected chi connectivity index (χ3v) is 5.36. The van der Waals surface area contributed by atoms with Crippen molar-refractivity contribution >= 4 is 11.6 Å². The number of phenols is 1. The van der Waals surface area contributed by atoms with Gasteiger partial charge in [-0.05, 0) is 30.9 Å². The van der Waals surface area contributed by atoms with Gasteiger partial charge in [0, 0.05) is 37.8 Å². The van der Waals surface area contributed by atoms with Gasteiger partial charge in [-0.2, -0.15) is 0 Å². The van der Waals surface area contributed by atoms with Crippen molar-refractivity contribution in [1.29, 1.82) is 0 Å². The van der Waals surface area contributed by atoms with Crippen LogP contribution < -0.4 is 5.32 Å². The van der Waals surface area contributed by atoms with Gasteiger partial charge in [0.25, 0.3) is 0 Å². The van der Waals surface area contributed by atoms with E-state index < -0.39 is 0 Å². The van der Waals surface area contributed by atoms with Crippen LogP contribution in [-0.4, -0.2) is 36.2 Å². The molecule has 1 aliphatic carbocycles. The summed E-state index contributed by atoms with van der Waals surface area (Å²) in [6.45, 7) is 3.58. The number of nitrogens with zero attached hydrogens (tertiary/aromatic N) is 1. The zero-order valence-corrected chi connectivity index (χ0v) is 13.6. The molecule has 122 valence electrons. The maximum Gasteiger partial charge on any atom is 0.141 e. The number of rotatable bonds is 3. The van der Waals surface area contributed by atoms with Crippen molar-refractivity contribution in [2.24, 2.45) is 5.92 Å². The minimum absolute atomic E-state index is 0.0684. The van der Waals surface area contributed by atoms with Crippen molar-refractivity contribution in [3.63, 3.8) is 0 Å². The highest BCUT2D eigenvalue weighted by molar-refractivity contribution is 6.32. The van der Waals surface area contributed by atoms with Crippen LogP contribution in [0.2, 0.25) is 5.02 Å². The molecule has 1 saturated heterocycles. The Hall–Kier alpha value is -0.840. The number of phenolic OH excluding ortho intramolecular Hbond substituents is 1. The Morgan fingerprint density at radius 3 is 2.55 bits per heavy atom. The van der Waals surface area contributed by atoms with Crippen LogP contribution in [0.5, 0.6) is 5.75 Å². The van der Waals surface area contributed by atoms with Crippen molar-refractivity contribution < 1.29 is 9.50 Å². The first-order valence-electron chi connectivity index (χ1n) is 8.30. The Morgan fingerprint density at radius 1 is 1.18 bits per heavy atom. The molecule has 1 aromatic carbocycles. The summed E-state index contributed by atoms with van der Waals surface area (Å²) in [6.07, 6.45) is 5.83. The highest BCUT2D eigenvalue weighted by Crippen LogP contribution is 2.44. The molecule has 1 aliphatic heterocycles. The van der Waals surface area contributed by atoms with E-state index in [1.54, 1.807) is 0 Å². The Morgan fingerprint density at radius 2 is 1.86 bits per heavy atom. The molecule has 0 spiro atoms. The van der Waals surface area contributed by atoms with E-state index in [-0.39, 0.29) is 22.6 Å². The lowest BCUT2D eigenvalue weighted by Crippen LogP contribution is -2.47. The lowest BCUT2D eigenvalue weighted by molar-refractivity contribution is 0.0984. The van der Waals surface area contributed by atoms with Crippen LogP contribution in [0.25, 0.3) is 0 Å². The van der Waals surface area contributed by atoms with Gasteiger partial charge in [-0.1, -0.05) is 30.9 Å². The zero-order chi connectivity index (χ0) is 15.5. The summed E-state index contributed by atoms with van der Waals surface area (Å²) in [5, 5.41) is 14.0. The van der Waals surface area contributed by atoms with Gasteiger partial charge in [-0.25, -0.2) is 4.39 Å². The first-order valence-corrected chi connectivity index (χ1v) is 8.68. The molecule has 3 rings (SSSR count). The van der Waals surface area contributed by atoms with Gasteiger partial charge in [0.2, 0.25) is 0 Å². The summed E-state index contributed by atoms with van der Waals surface area (Å²) in [5.41, 5.74) is 0.404. The molecule has 1 atom stereocenters. The van der Waals surface area contributed by atoms with Gasteiger partial charge in [0.05, 0.1) is 5.02 Å². The second-order valence-electron chi connectivity index (χ2n) is 6.42. The summed E-state index contributed by atoms with van der Waals surface area (Å²) in [7, 11) is 0. The van der Waals surface area contributed by atoms with E-state index in [0.717, 1.165) is 39.0 Å². The van der Waals surface area contributed by atoms with Gasteiger partial charge in [0.15, 0.2) is 0 Å². The number of hydrogen-bond donors (Lipinski definition) is 2. The van der Waals surface area contributed by atoms with Gasteiger partial charge in [-0.15, -0.1) is 0 Å². The molecule has 0 radical (unpaired) electrons. The molecule has 1 saturated carbocycles. The maximum atomic E-state index is 14.5. The topological polar surface area (TPSA) is 35.5 Å². The third kappa shape index (κ3) is 3.24. The van der Waals surface area contributed by atoms with Crippen molar-refractivity contribution in [3.05, 3.63) is 28.5 Å². The molecule has 0 bridgehead atoms. The first kappa shape index (κ1) is 16.0. The lowest BCUT2D eigenvalue weighted by atomic mass is 9.79. The summed E-state index contributed by atoms with van der Waals surface area (Å²) in [4.78, 5) is 2.32. The molecule has 5 heteroatoms. The Kier molecular flexibility index (Phi) is 5.21. The SMILES string of the molecule is Oc1c(Cl)ccc(F)c1[C@@H](C1CCCCC1)N1CCNCC1. The fourth-order valence-corrected chi connectivity index (χ4v) is 4.13. The van der Waals surface area contributed by atoms with Crippen LogP contribution in [0.4, 0.5) is 4.39 Å². The van der Waals surface area contributed by atoms with Crippen molar-refractivity contribution in [2.45, 2.75) is 38.1 Å². The van der Waals surface area contributed by atoms with E-state index in [2.05, 4.69) is 10.2 Å². The molecule has 2 fully saturated rings. The van der Waals surface area contributed by atoms with E-state index in [1.165, 1.54) is 31.4 Å². The van der Waals surface area contributed by atoms with E-state index in [0.29, 0.717) is 11.5 Å². The van der Waals surface area contributed by atoms with Crippen LogP contribution >= 0.6 is 11.6 Å². The number of piperazine rings is 1. The second-order valence-corrected chi connectivity index (χ2v) is 6.83. The quantitative estimate of drug-likeness (QED) is 0.888. The fourth-order valence-electron chi connectivity index (χ4n) is 3.96. The molecule has 0 aromatic heterocycles. The Labute approximate surface area is 136 Å². The van der Waals surface area contributed by atoms with E-state index in [4.69, 9.17) is 11.6 Å². The maximum absolute atomic E-state index is 14.5. The molecule has 1 aromatic rings. The molecule has 22 heavy (non-hydrogen) atoms. The highest BCUT2D eigenvalue weighted by atomic mass is 35.5. The zero-order valence-electron chi connectivity index (χ0n) is 12.8. The predicted molar refractivity (Wildman–Crippen MR) is 86.8 cm³/mol. The van der Waals surface area contributed by atoms with Gasteiger partial charge < -0.3 is 10.4 Å².